The van der Waals surface area contributed by atoms with Crippen LogP contribution < -0.4 is 0 Å². The van der Waals surface area contributed by atoms with E-state index >= 15 is 0 Å². The Balaban J connectivity index is 3.18. The van der Waals surface area contributed by atoms with E-state index in [0.29, 0.717) is 0 Å². The van der Waals surface area contributed by atoms with Crippen LogP contribution in [0, 0.1) is 19.3 Å². The number of carbonyl (C=O) groups is 3. The molecular formula is C20H26O6. The summed E-state index contributed by atoms with van der Waals surface area (Å²) in [6, 6.07) is 5.87. The van der Waals surface area contributed by atoms with Crippen LogP contribution in [0.2, 0.25) is 0 Å². The van der Waals surface area contributed by atoms with Gasteiger partial charge in [0.1, 0.15) is 6.61 Å². The summed E-state index contributed by atoms with van der Waals surface area (Å²) in [6.45, 7) is 5.28. The van der Waals surface area contributed by atoms with Gasteiger partial charge in [-0.25, -0.2) is 0 Å². The van der Waals surface area contributed by atoms with E-state index < -0.39 is 23.3 Å². The molecule has 1 rings (SSSR count). The van der Waals surface area contributed by atoms with E-state index in [4.69, 9.17) is 14.2 Å². The Morgan fingerprint density at radius 2 is 1.50 bits per heavy atom. The van der Waals surface area contributed by atoms with Gasteiger partial charge in [-0.05, 0) is 32.3 Å². The molecule has 0 aliphatic carbocycles. The first-order valence-electron chi connectivity index (χ1n) is 8.27. The second-order valence-corrected chi connectivity index (χ2v) is 6.22. The van der Waals surface area contributed by atoms with E-state index in [9.17, 15) is 14.4 Å². The third-order valence-corrected chi connectivity index (χ3v) is 3.96. The first-order chi connectivity index (χ1) is 12.2. The zero-order valence-corrected chi connectivity index (χ0v) is 16.0. The third kappa shape index (κ3) is 5.72. The van der Waals surface area contributed by atoms with Gasteiger partial charge >= 0.3 is 17.9 Å². The van der Waals surface area contributed by atoms with Gasteiger partial charge in [-0.2, -0.15) is 0 Å². The predicted octanol–water partition coefficient (Wildman–Crippen LogP) is 2.69. The number of benzene rings is 1. The van der Waals surface area contributed by atoms with Gasteiger partial charge in [0.2, 0.25) is 0 Å². The Bertz CT molecular complexity index is 653. The molecule has 0 unspecified atom stereocenters. The molecule has 142 valence electrons. The summed E-state index contributed by atoms with van der Waals surface area (Å²) in [6.07, 6.45) is 3.43. The van der Waals surface area contributed by atoms with Gasteiger partial charge in [-0.1, -0.05) is 41.5 Å². The van der Waals surface area contributed by atoms with Gasteiger partial charge in [-0.3, -0.25) is 14.4 Å². The lowest BCUT2D eigenvalue weighted by Gasteiger charge is -2.27. The molecule has 0 spiro atoms. The maximum atomic E-state index is 12.5. The second-order valence-electron chi connectivity index (χ2n) is 6.22. The summed E-state index contributed by atoms with van der Waals surface area (Å²) in [5.74, 6) is -1.74. The van der Waals surface area contributed by atoms with E-state index in [-0.39, 0.29) is 19.4 Å². The van der Waals surface area contributed by atoms with E-state index in [1.807, 2.05) is 32.0 Å². The smallest absolute Gasteiger partial charge is 0.323 e. The van der Waals surface area contributed by atoms with E-state index in [0.717, 1.165) is 16.7 Å². The second kappa shape index (κ2) is 9.75. The molecule has 0 saturated heterocycles. The number of carbonyl (C=O) groups excluding carboxylic acids is 3. The number of aryl methyl sites for hydroxylation is 2. The highest BCUT2D eigenvalue weighted by atomic mass is 16.5. The molecule has 0 radical (unpaired) electrons. The molecule has 1 aromatic carbocycles. The van der Waals surface area contributed by atoms with Crippen molar-refractivity contribution in [2.24, 2.45) is 5.41 Å². The van der Waals surface area contributed by atoms with Crippen molar-refractivity contribution in [1.29, 1.82) is 0 Å². The van der Waals surface area contributed by atoms with Crippen molar-refractivity contribution in [3.8, 4) is 0 Å². The maximum Gasteiger partial charge on any atom is 0.323 e. The van der Waals surface area contributed by atoms with Crippen molar-refractivity contribution < 1.29 is 28.6 Å². The number of rotatable bonds is 8. The van der Waals surface area contributed by atoms with Crippen LogP contribution in [0.3, 0.4) is 0 Å². The maximum absolute atomic E-state index is 12.5. The lowest BCUT2D eigenvalue weighted by molar-refractivity contribution is -0.169. The van der Waals surface area contributed by atoms with Crippen LogP contribution in [-0.2, 0) is 35.0 Å². The normalized spacial score (nSPS) is 11.3. The number of allylic oxidation sites excluding steroid dienone is 1. The summed E-state index contributed by atoms with van der Waals surface area (Å²) < 4.78 is 14.6. The van der Waals surface area contributed by atoms with Crippen molar-refractivity contribution in [3.05, 3.63) is 47.0 Å². The van der Waals surface area contributed by atoms with Gasteiger partial charge in [0.15, 0.2) is 5.41 Å². The molecule has 0 bridgehead atoms. The Morgan fingerprint density at radius 1 is 0.962 bits per heavy atom. The van der Waals surface area contributed by atoms with Crippen LogP contribution >= 0.6 is 0 Å². The molecule has 0 saturated carbocycles. The Kier molecular flexibility index (Phi) is 8.03. The van der Waals surface area contributed by atoms with Gasteiger partial charge < -0.3 is 14.2 Å². The fourth-order valence-electron chi connectivity index (χ4n) is 2.89. The van der Waals surface area contributed by atoms with Crippen molar-refractivity contribution in [1.82, 2.24) is 0 Å². The summed E-state index contributed by atoms with van der Waals surface area (Å²) >= 11 is 0. The largest absolute Gasteiger partial charge is 0.468 e. The summed E-state index contributed by atoms with van der Waals surface area (Å²) in [7, 11) is 2.48. The van der Waals surface area contributed by atoms with Gasteiger partial charge in [0.05, 0.1) is 14.2 Å². The number of esters is 3. The number of hydrogen-bond donors (Lipinski definition) is 0. The molecular weight excluding hydrogens is 336 g/mol. The zero-order chi connectivity index (χ0) is 19.7. The molecule has 0 amide bonds. The number of methoxy groups -OCH3 is 2. The molecule has 0 aliphatic rings. The van der Waals surface area contributed by atoms with Gasteiger partial charge in [0, 0.05) is 6.92 Å². The van der Waals surface area contributed by atoms with Crippen LogP contribution in [0.25, 0.3) is 0 Å². The zero-order valence-electron chi connectivity index (χ0n) is 16.0. The molecule has 6 heteroatoms. The minimum atomic E-state index is -1.50. The molecule has 0 N–H and O–H groups in total. The van der Waals surface area contributed by atoms with Crippen LogP contribution in [-0.4, -0.2) is 38.7 Å². The lowest BCUT2D eigenvalue weighted by Crippen LogP contribution is -2.43. The quantitative estimate of drug-likeness (QED) is 0.306. The minimum absolute atomic E-state index is 0.0668. The average Bonchev–Trinajstić information content (AvgIpc) is 2.57. The summed E-state index contributed by atoms with van der Waals surface area (Å²) in [4.78, 5) is 35.9. The molecule has 0 heterocycles. The highest BCUT2D eigenvalue weighted by Crippen LogP contribution is 2.32. The molecule has 0 aromatic heterocycles. The SMILES string of the molecule is COC(=O)C(C/C=C\COC(C)=O)(Cc1cc(C)cc(C)c1)C(=O)OC. The van der Waals surface area contributed by atoms with Crippen molar-refractivity contribution in [3.63, 3.8) is 0 Å². The van der Waals surface area contributed by atoms with Crippen LogP contribution in [0.1, 0.15) is 30.0 Å². The molecule has 0 aliphatic heterocycles. The topological polar surface area (TPSA) is 78.9 Å². The molecule has 0 fully saturated rings. The highest BCUT2D eigenvalue weighted by Gasteiger charge is 2.47. The molecule has 26 heavy (non-hydrogen) atoms. The monoisotopic (exact) mass is 362 g/mol. The van der Waals surface area contributed by atoms with Crippen molar-refractivity contribution in [2.45, 2.75) is 33.6 Å². The van der Waals surface area contributed by atoms with Crippen LogP contribution in [0.5, 0.6) is 0 Å². The Morgan fingerprint density at radius 3 is 1.96 bits per heavy atom. The van der Waals surface area contributed by atoms with E-state index in [1.165, 1.54) is 21.1 Å². The van der Waals surface area contributed by atoms with Gasteiger partial charge in [0.25, 0.3) is 0 Å². The lowest BCUT2D eigenvalue weighted by atomic mass is 9.78. The Hall–Kier alpha value is -2.63. The van der Waals surface area contributed by atoms with Gasteiger partial charge in [-0.15, -0.1) is 0 Å². The Labute approximate surface area is 154 Å². The van der Waals surface area contributed by atoms with E-state index in [2.05, 4.69) is 0 Å². The highest BCUT2D eigenvalue weighted by molar-refractivity contribution is 6.00. The average molecular weight is 362 g/mol. The molecule has 1 aromatic rings. The predicted molar refractivity (Wildman–Crippen MR) is 96.5 cm³/mol. The number of hydrogen-bond acceptors (Lipinski definition) is 6. The van der Waals surface area contributed by atoms with Crippen LogP contribution in [0.4, 0.5) is 0 Å². The summed E-state index contributed by atoms with van der Waals surface area (Å²) in [5.41, 5.74) is 1.41. The summed E-state index contributed by atoms with van der Waals surface area (Å²) in [5, 5.41) is 0. The first-order valence-corrected chi connectivity index (χ1v) is 8.27. The van der Waals surface area contributed by atoms with Crippen molar-refractivity contribution >= 4 is 17.9 Å². The fraction of sp³-hybridized carbons (Fsp3) is 0.450. The van der Waals surface area contributed by atoms with Crippen LogP contribution in [0.15, 0.2) is 30.4 Å². The van der Waals surface area contributed by atoms with E-state index in [1.54, 1.807) is 12.2 Å². The fourth-order valence-corrected chi connectivity index (χ4v) is 2.89. The third-order valence-electron chi connectivity index (χ3n) is 3.96. The standard InChI is InChI=1S/C20H26O6/c1-14-10-15(2)12-17(11-14)13-20(18(22)24-4,19(23)25-5)8-6-7-9-26-16(3)21/h6-7,10-12H,8-9,13H2,1-5H3/b7-6-. The van der Waals surface area contributed by atoms with Crippen molar-refractivity contribution in [2.75, 3.05) is 20.8 Å². The number of ether oxygens (including phenoxy) is 3. The molecule has 6 nitrogen and oxygen atoms in total. The first kappa shape index (κ1) is 21.4. The minimum Gasteiger partial charge on any atom is -0.468 e. The molecule has 0 atom stereocenters.